The Balaban J connectivity index is 2.34. The molecule has 0 spiro atoms. The zero-order valence-corrected chi connectivity index (χ0v) is 9.41. The normalized spacial score (nSPS) is 39.3. The van der Waals surface area contributed by atoms with Crippen molar-refractivity contribution in [1.82, 2.24) is 0 Å². The fraction of sp³-hybridized carbons (Fsp3) is 0.429. The van der Waals surface area contributed by atoms with Crippen molar-refractivity contribution in [2.45, 2.75) is 0 Å². The Hall–Kier alpha value is -2.56. The van der Waals surface area contributed by atoms with Crippen LogP contribution in [0, 0.1) is 79.8 Å². The van der Waals surface area contributed by atoms with E-state index in [4.69, 9.17) is 0 Å². The highest BCUT2D eigenvalue weighted by Crippen LogP contribution is 2.66. The van der Waals surface area contributed by atoms with E-state index in [2.05, 4.69) is 0 Å². The van der Waals surface area contributed by atoms with Crippen molar-refractivity contribution in [2.75, 3.05) is 0 Å². The molecule has 0 saturated heterocycles. The summed E-state index contributed by atoms with van der Waals surface area (Å²) < 4.78 is 0. The monoisotopic (exact) mass is 232 g/mol. The lowest BCUT2D eigenvalue weighted by atomic mass is 9.39. The standard InChI is InChI=1S/C14H8N4/c15-5-13(6-16)11-3-4-12(10-2-1-9(10)11)14(13,7-17)8-18/h1-4,9-12H/t9-,10-,11-,12-/m0/s1. The Morgan fingerprint density at radius 1 is 0.611 bits per heavy atom. The molecule has 0 unspecified atom stereocenters. The first-order valence-electron chi connectivity index (χ1n) is 5.72. The number of nitriles is 4. The molecule has 0 amide bonds. The molecule has 4 rings (SSSR count). The summed E-state index contributed by atoms with van der Waals surface area (Å²) in [6, 6.07) is 7.94. The molecule has 0 heterocycles. The van der Waals surface area contributed by atoms with Crippen LogP contribution in [0.4, 0.5) is 0 Å². The molecule has 1 fully saturated rings. The van der Waals surface area contributed by atoms with Crippen molar-refractivity contribution < 1.29 is 0 Å². The summed E-state index contributed by atoms with van der Waals surface area (Å²) in [6.07, 6.45) is 7.64. The minimum Gasteiger partial charge on any atom is -0.196 e. The number of rotatable bonds is 0. The summed E-state index contributed by atoms with van der Waals surface area (Å²) >= 11 is 0. The van der Waals surface area contributed by atoms with Gasteiger partial charge in [-0.2, -0.15) is 21.0 Å². The lowest BCUT2D eigenvalue weighted by Gasteiger charge is -2.57. The number of hydrogen-bond acceptors (Lipinski definition) is 4. The summed E-state index contributed by atoms with van der Waals surface area (Å²) in [5.74, 6) is -0.471. The minimum atomic E-state index is -1.55. The molecule has 18 heavy (non-hydrogen) atoms. The van der Waals surface area contributed by atoms with E-state index in [0.717, 1.165) is 0 Å². The molecule has 0 radical (unpaired) electrons. The Morgan fingerprint density at radius 3 is 1.17 bits per heavy atom. The van der Waals surface area contributed by atoms with Crippen LogP contribution in [0.25, 0.3) is 0 Å². The highest BCUT2D eigenvalue weighted by Gasteiger charge is 2.71. The van der Waals surface area contributed by atoms with Gasteiger partial charge in [-0.25, -0.2) is 0 Å². The second-order valence-electron chi connectivity index (χ2n) is 5.04. The largest absolute Gasteiger partial charge is 0.196 e. The maximum absolute atomic E-state index is 9.46. The van der Waals surface area contributed by atoms with Crippen molar-refractivity contribution in [3.05, 3.63) is 24.3 Å². The van der Waals surface area contributed by atoms with Crippen LogP contribution in [0.3, 0.4) is 0 Å². The highest BCUT2D eigenvalue weighted by atomic mass is 14.7. The van der Waals surface area contributed by atoms with Crippen LogP contribution in [-0.2, 0) is 0 Å². The molecule has 0 aromatic heterocycles. The Kier molecular flexibility index (Phi) is 1.77. The van der Waals surface area contributed by atoms with Gasteiger partial charge < -0.3 is 0 Å². The molecule has 4 nitrogen and oxygen atoms in total. The van der Waals surface area contributed by atoms with Crippen LogP contribution in [0.5, 0.6) is 0 Å². The van der Waals surface area contributed by atoms with Gasteiger partial charge >= 0.3 is 0 Å². The van der Waals surface area contributed by atoms with Crippen molar-refractivity contribution in [3.63, 3.8) is 0 Å². The van der Waals surface area contributed by atoms with Gasteiger partial charge in [0.05, 0.1) is 24.3 Å². The van der Waals surface area contributed by atoms with E-state index in [1.165, 1.54) is 0 Å². The fourth-order valence-electron chi connectivity index (χ4n) is 3.67. The summed E-state index contributed by atoms with van der Waals surface area (Å²) in [7, 11) is 0. The van der Waals surface area contributed by atoms with Crippen molar-refractivity contribution in [3.8, 4) is 24.3 Å². The molecule has 1 saturated carbocycles. The summed E-state index contributed by atoms with van der Waals surface area (Å²) in [5, 5.41) is 37.8. The quantitative estimate of drug-likeness (QED) is 0.593. The fourth-order valence-corrected chi connectivity index (χ4v) is 3.67. The molecule has 0 N–H and O–H groups in total. The van der Waals surface area contributed by atoms with Gasteiger partial charge in [0.15, 0.2) is 10.8 Å². The second-order valence-corrected chi connectivity index (χ2v) is 5.04. The van der Waals surface area contributed by atoms with Gasteiger partial charge in [0, 0.05) is 11.8 Å². The van der Waals surface area contributed by atoms with Gasteiger partial charge in [0.2, 0.25) is 0 Å². The summed E-state index contributed by atoms with van der Waals surface area (Å²) in [6.45, 7) is 0. The van der Waals surface area contributed by atoms with E-state index in [-0.39, 0.29) is 23.7 Å². The summed E-state index contributed by atoms with van der Waals surface area (Å²) in [5.41, 5.74) is -3.11. The van der Waals surface area contributed by atoms with E-state index in [1.807, 2.05) is 48.6 Å². The second kappa shape index (κ2) is 3.01. The van der Waals surface area contributed by atoms with Gasteiger partial charge in [0.1, 0.15) is 0 Å². The molecular formula is C14H8N4. The maximum atomic E-state index is 9.46. The van der Waals surface area contributed by atoms with Gasteiger partial charge in [-0.3, -0.25) is 0 Å². The molecule has 4 heteroatoms. The molecule has 0 aliphatic heterocycles. The predicted molar refractivity (Wildman–Crippen MR) is 59.6 cm³/mol. The molecule has 4 atom stereocenters. The van der Waals surface area contributed by atoms with Gasteiger partial charge in [-0.1, -0.05) is 24.3 Å². The average Bonchev–Trinajstić information content (AvgIpc) is 2.37. The first-order chi connectivity index (χ1) is 8.70. The number of hydrogen-bond donors (Lipinski definition) is 0. The van der Waals surface area contributed by atoms with Crippen LogP contribution in [0.1, 0.15) is 0 Å². The molecule has 0 aromatic carbocycles. The Morgan fingerprint density at radius 2 is 0.944 bits per heavy atom. The maximum Gasteiger partial charge on any atom is 0.182 e. The average molecular weight is 232 g/mol. The van der Waals surface area contributed by atoms with Crippen LogP contribution < -0.4 is 0 Å². The van der Waals surface area contributed by atoms with E-state index in [1.54, 1.807) is 0 Å². The zero-order chi connectivity index (χ0) is 13.0. The molecule has 4 aliphatic rings. The minimum absolute atomic E-state index is 0.120. The van der Waals surface area contributed by atoms with Crippen molar-refractivity contribution >= 4 is 0 Å². The molecule has 84 valence electrons. The predicted octanol–water partition coefficient (Wildman–Crippen LogP) is 1.67. The van der Waals surface area contributed by atoms with Crippen LogP contribution in [-0.4, -0.2) is 0 Å². The molecule has 0 aromatic rings. The van der Waals surface area contributed by atoms with Crippen LogP contribution >= 0.6 is 0 Å². The third-order valence-electron chi connectivity index (χ3n) is 4.68. The highest BCUT2D eigenvalue weighted by molar-refractivity contribution is 5.48. The van der Waals surface area contributed by atoms with E-state index >= 15 is 0 Å². The number of fused-ring (bicyclic) bond motifs is 1. The van der Waals surface area contributed by atoms with Gasteiger partial charge in [0.25, 0.3) is 0 Å². The van der Waals surface area contributed by atoms with Crippen molar-refractivity contribution in [1.29, 1.82) is 21.0 Å². The smallest absolute Gasteiger partial charge is 0.182 e. The Labute approximate surface area is 105 Å². The topological polar surface area (TPSA) is 95.2 Å². The lowest BCUT2D eigenvalue weighted by Crippen LogP contribution is -2.61. The third-order valence-corrected chi connectivity index (χ3v) is 4.68. The molecular weight excluding hydrogens is 224 g/mol. The first kappa shape index (κ1) is 10.6. The number of allylic oxidation sites excluding steroid dienone is 4. The van der Waals surface area contributed by atoms with Crippen LogP contribution in [0.2, 0.25) is 0 Å². The lowest BCUT2D eigenvalue weighted by molar-refractivity contribution is 0.00894. The van der Waals surface area contributed by atoms with Crippen molar-refractivity contribution in [2.24, 2.45) is 34.5 Å². The van der Waals surface area contributed by atoms with Gasteiger partial charge in [-0.05, 0) is 11.8 Å². The van der Waals surface area contributed by atoms with E-state index < -0.39 is 10.8 Å². The summed E-state index contributed by atoms with van der Waals surface area (Å²) in [4.78, 5) is 0. The SMILES string of the molecule is N#CC1(C#N)[C@H]2C=C[C@@H]([C@H]3C=C[C@@H]32)C1(C#N)C#N. The van der Waals surface area contributed by atoms with Gasteiger partial charge in [-0.15, -0.1) is 0 Å². The Bertz CT molecular complexity index is 559. The van der Waals surface area contributed by atoms with E-state index in [9.17, 15) is 21.0 Å². The first-order valence-corrected chi connectivity index (χ1v) is 5.72. The van der Waals surface area contributed by atoms with E-state index in [0.29, 0.717) is 0 Å². The molecule has 2 bridgehead atoms. The molecule has 4 aliphatic carbocycles. The van der Waals surface area contributed by atoms with Crippen LogP contribution in [0.15, 0.2) is 24.3 Å². The third kappa shape index (κ3) is 0.756. The number of nitrogens with zero attached hydrogens (tertiary/aromatic N) is 4. The zero-order valence-electron chi connectivity index (χ0n) is 9.41.